The van der Waals surface area contributed by atoms with Gasteiger partial charge in [-0.3, -0.25) is 4.79 Å². The molecule has 6 nitrogen and oxygen atoms in total. The van der Waals surface area contributed by atoms with E-state index in [1.807, 2.05) is 54.6 Å². The summed E-state index contributed by atoms with van der Waals surface area (Å²) in [5, 5.41) is 12.2. The third-order valence-electron chi connectivity index (χ3n) is 5.85. The molecular weight excluding hydrogens is 404 g/mol. The number of carbonyl (C=O) groups excluding carboxylic acids is 1. The fourth-order valence-corrected chi connectivity index (χ4v) is 3.95. The van der Waals surface area contributed by atoms with Gasteiger partial charge in [0.25, 0.3) is 0 Å². The van der Waals surface area contributed by atoms with E-state index >= 15 is 0 Å². The molecule has 0 spiro atoms. The summed E-state index contributed by atoms with van der Waals surface area (Å²) in [6.07, 6.45) is 1.23. The monoisotopic (exact) mass is 438 g/mol. The third kappa shape index (κ3) is 6.26. The first-order valence-corrected chi connectivity index (χ1v) is 11.0. The Balaban J connectivity index is 1.82. The summed E-state index contributed by atoms with van der Waals surface area (Å²) in [6, 6.07) is 15.9. The minimum Gasteiger partial charge on any atom is -0.392 e. The summed E-state index contributed by atoms with van der Waals surface area (Å²) in [7, 11) is 2.06. The van der Waals surface area contributed by atoms with E-state index in [1.54, 1.807) is 0 Å². The van der Waals surface area contributed by atoms with Crippen molar-refractivity contribution in [3.8, 4) is 0 Å². The molecule has 32 heavy (non-hydrogen) atoms. The highest BCUT2D eigenvalue weighted by Crippen LogP contribution is 2.41. The second-order valence-electron chi connectivity index (χ2n) is 8.48. The van der Waals surface area contributed by atoms with Crippen LogP contribution >= 0.6 is 0 Å². The molecule has 0 unspecified atom stereocenters. The number of benzene rings is 2. The van der Waals surface area contributed by atoms with Crippen LogP contribution in [0.25, 0.3) is 0 Å². The smallest absolute Gasteiger partial charge is 0.217 e. The van der Waals surface area contributed by atoms with Crippen LogP contribution < -0.4 is 5.32 Å². The maximum absolute atomic E-state index is 11.2. The maximum Gasteiger partial charge on any atom is 0.217 e. The molecule has 2 aromatic carbocycles. The second-order valence-corrected chi connectivity index (χ2v) is 8.48. The Morgan fingerprint density at radius 3 is 2.31 bits per heavy atom. The van der Waals surface area contributed by atoms with Crippen LogP contribution in [0.15, 0.2) is 61.2 Å². The number of carbonyl (C=O) groups is 1. The first-order chi connectivity index (χ1) is 15.4. The third-order valence-corrected chi connectivity index (χ3v) is 5.85. The van der Waals surface area contributed by atoms with Crippen LogP contribution in [-0.4, -0.2) is 42.2 Å². The molecule has 0 radical (unpaired) electrons. The Hall–Kier alpha value is -2.51. The molecule has 0 saturated carbocycles. The van der Waals surface area contributed by atoms with Crippen molar-refractivity contribution in [1.29, 1.82) is 0 Å². The fourth-order valence-electron chi connectivity index (χ4n) is 3.95. The highest BCUT2D eigenvalue weighted by atomic mass is 16.7. The van der Waals surface area contributed by atoms with Crippen LogP contribution in [0.4, 0.5) is 0 Å². The van der Waals surface area contributed by atoms with Gasteiger partial charge in [-0.05, 0) is 23.7 Å². The molecular formula is C26H34N2O4. The van der Waals surface area contributed by atoms with Crippen LogP contribution in [0.3, 0.4) is 0 Å². The summed E-state index contributed by atoms with van der Waals surface area (Å²) in [4.78, 5) is 13.4. The van der Waals surface area contributed by atoms with Crippen molar-refractivity contribution in [2.24, 2.45) is 5.92 Å². The van der Waals surface area contributed by atoms with Gasteiger partial charge in [0, 0.05) is 38.0 Å². The number of hydrogen-bond acceptors (Lipinski definition) is 5. The van der Waals surface area contributed by atoms with Gasteiger partial charge in [-0.1, -0.05) is 61.5 Å². The summed E-state index contributed by atoms with van der Waals surface area (Å²) in [6.45, 7) is 9.56. The van der Waals surface area contributed by atoms with Crippen molar-refractivity contribution in [3.63, 3.8) is 0 Å². The first-order valence-electron chi connectivity index (χ1n) is 11.0. The van der Waals surface area contributed by atoms with Gasteiger partial charge in [-0.25, -0.2) is 0 Å². The van der Waals surface area contributed by atoms with Gasteiger partial charge in [0.15, 0.2) is 6.29 Å². The van der Waals surface area contributed by atoms with E-state index < -0.39 is 6.29 Å². The number of ether oxygens (including phenoxy) is 2. The van der Waals surface area contributed by atoms with Crippen LogP contribution in [0.2, 0.25) is 0 Å². The van der Waals surface area contributed by atoms with Gasteiger partial charge in [0.05, 0.1) is 18.8 Å². The Bertz CT molecular complexity index is 882. The number of aliphatic hydroxyl groups excluding tert-OH is 1. The average Bonchev–Trinajstić information content (AvgIpc) is 2.79. The zero-order chi connectivity index (χ0) is 23.1. The molecule has 2 N–H and O–H groups in total. The van der Waals surface area contributed by atoms with Gasteiger partial charge < -0.3 is 24.8 Å². The lowest BCUT2D eigenvalue weighted by atomic mass is 9.90. The van der Waals surface area contributed by atoms with Crippen LogP contribution in [0.5, 0.6) is 0 Å². The Labute approximate surface area is 190 Å². The van der Waals surface area contributed by atoms with Crippen molar-refractivity contribution in [3.05, 3.63) is 83.4 Å². The average molecular weight is 439 g/mol. The number of hydrogen-bond donors (Lipinski definition) is 2. The summed E-state index contributed by atoms with van der Waals surface area (Å²) >= 11 is 0. The number of aliphatic hydroxyl groups is 1. The van der Waals surface area contributed by atoms with Crippen molar-refractivity contribution >= 4 is 5.91 Å². The highest BCUT2D eigenvalue weighted by Gasteiger charge is 2.38. The maximum atomic E-state index is 11.2. The lowest BCUT2D eigenvalue weighted by Gasteiger charge is -2.42. The van der Waals surface area contributed by atoms with Gasteiger partial charge >= 0.3 is 0 Å². The molecule has 0 bridgehead atoms. The van der Waals surface area contributed by atoms with Crippen molar-refractivity contribution < 1.29 is 19.4 Å². The van der Waals surface area contributed by atoms with Crippen molar-refractivity contribution in [2.75, 3.05) is 20.1 Å². The highest BCUT2D eigenvalue weighted by molar-refractivity contribution is 5.72. The van der Waals surface area contributed by atoms with Gasteiger partial charge in [0.2, 0.25) is 5.91 Å². The quantitative estimate of drug-likeness (QED) is 0.584. The second kappa shape index (κ2) is 11.4. The van der Waals surface area contributed by atoms with Crippen molar-refractivity contribution in [2.45, 2.75) is 45.5 Å². The van der Waals surface area contributed by atoms with E-state index in [2.05, 4.69) is 30.8 Å². The van der Waals surface area contributed by atoms with Crippen LogP contribution in [-0.2, 0) is 27.4 Å². The van der Waals surface area contributed by atoms with Gasteiger partial charge in [0.1, 0.15) is 0 Å². The zero-order valence-corrected chi connectivity index (χ0v) is 19.2. The minimum absolute atomic E-state index is 0.0207. The molecule has 1 aliphatic rings. The summed E-state index contributed by atoms with van der Waals surface area (Å²) < 4.78 is 12.9. The lowest BCUT2D eigenvalue weighted by Crippen LogP contribution is -2.43. The largest absolute Gasteiger partial charge is 0.392 e. The lowest BCUT2D eigenvalue weighted by molar-refractivity contribution is -0.275. The zero-order valence-electron chi connectivity index (χ0n) is 19.2. The number of rotatable bonds is 9. The van der Waals surface area contributed by atoms with Gasteiger partial charge in [-0.2, -0.15) is 0 Å². The molecule has 1 amide bonds. The molecule has 172 valence electrons. The van der Waals surface area contributed by atoms with Crippen LogP contribution in [0.1, 0.15) is 48.5 Å². The van der Waals surface area contributed by atoms with Crippen molar-refractivity contribution in [1.82, 2.24) is 10.2 Å². The predicted molar refractivity (Wildman–Crippen MR) is 125 cm³/mol. The molecule has 1 fully saturated rings. The standard InChI is InChI=1S/C26H34N2O4/c1-5-14-28(4)16-24-18(2)25(22-10-8-21(17-29)9-11-22)32-26(31-24)23-12-6-20(7-13-23)15-27-19(3)30/h5-13,18,24-26,29H,1,14-17H2,2-4H3,(H,27,30)/t18-,24+,25+,26+/m0/s1. The number of likely N-dealkylation sites (N-methyl/N-ethyl adjacent to an activating group) is 1. The SMILES string of the molecule is C=CCN(C)C[C@H]1O[C@@H](c2ccc(CNC(C)=O)cc2)O[C@@H](c2ccc(CO)cc2)[C@H]1C. The number of nitrogens with zero attached hydrogens (tertiary/aromatic N) is 1. The molecule has 0 aromatic heterocycles. The van der Waals surface area contributed by atoms with E-state index in [9.17, 15) is 9.90 Å². The van der Waals surface area contributed by atoms with E-state index in [1.165, 1.54) is 6.92 Å². The number of amides is 1. The topological polar surface area (TPSA) is 71.0 Å². The molecule has 1 heterocycles. The molecule has 3 rings (SSSR count). The number of nitrogens with one attached hydrogen (secondary N) is 1. The van der Waals surface area contributed by atoms with Gasteiger partial charge in [-0.15, -0.1) is 6.58 Å². The Morgan fingerprint density at radius 1 is 1.09 bits per heavy atom. The first kappa shape index (κ1) is 24.1. The molecule has 1 saturated heterocycles. The molecule has 4 atom stereocenters. The van der Waals surface area contributed by atoms with E-state index in [0.717, 1.165) is 35.3 Å². The molecule has 1 aliphatic heterocycles. The predicted octanol–water partition coefficient (Wildman–Crippen LogP) is 3.72. The summed E-state index contributed by atoms with van der Waals surface area (Å²) in [5.74, 6) is 0.0843. The van der Waals surface area contributed by atoms with E-state index in [4.69, 9.17) is 9.47 Å². The Morgan fingerprint density at radius 2 is 1.72 bits per heavy atom. The van der Waals surface area contributed by atoms with E-state index in [0.29, 0.717) is 6.54 Å². The Kier molecular flexibility index (Phi) is 8.59. The molecule has 0 aliphatic carbocycles. The summed E-state index contributed by atoms with van der Waals surface area (Å²) in [5.41, 5.74) is 3.91. The molecule has 6 heteroatoms. The molecule has 2 aromatic rings. The normalized spacial score (nSPS) is 23.2. The van der Waals surface area contributed by atoms with Crippen LogP contribution in [0, 0.1) is 5.92 Å². The fraction of sp³-hybridized carbons (Fsp3) is 0.423. The van der Waals surface area contributed by atoms with E-state index in [-0.39, 0.29) is 30.6 Å². The minimum atomic E-state index is -0.495.